The Morgan fingerprint density at radius 1 is 0.875 bits per heavy atom. The largest absolute Gasteiger partial charge is 0.396 e. The zero-order valence-corrected chi connectivity index (χ0v) is 13.6. The van der Waals surface area contributed by atoms with E-state index >= 15 is 0 Å². The molecule has 0 aromatic heterocycles. The Morgan fingerprint density at radius 3 is 1.92 bits per heavy atom. The molecule has 1 rings (SSSR count). The fraction of sp³-hybridized carbons (Fsp3) is 0.471. The van der Waals surface area contributed by atoms with Crippen LogP contribution in [0.25, 0.3) is 0 Å². The van der Waals surface area contributed by atoms with Crippen molar-refractivity contribution in [1.29, 1.82) is 0 Å². The molecule has 0 heterocycles. The Hall–Kier alpha value is -2.09. The number of carbonyl (C=O) groups excluding carboxylic acids is 3. The average Bonchev–Trinajstić information content (AvgIpc) is 2.61. The van der Waals surface area contributed by atoms with Gasteiger partial charge in [-0.05, 0) is 37.6 Å². The zero-order chi connectivity index (χ0) is 17.9. The molecule has 1 aromatic rings. The van der Waals surface area contributed by atoms with Gasteiger partial charge < -0.3 is 21.3 Å². The second kappa shape index (κ2) is 10.6. The normalized spacial score (nSPS) is 10.5. The lowest BCUT2D eigenvalue weighted by Crippen LogP contribution is -2.27. The molecule has 0 saturated carbocycles. The van der Waals surface area contributed by atoms with Crippen LogP contribution in [0.2, 0.25) is 0 Å². The molecule has 7 heteroatoms. The maximum atomic E-state index is 12.2. The van der Waals surface area contributed by atoms with E-state index in [-0.39, 0.29) is 60.9 Å². The van der Waals surface area contributed by atoms with Gasteiger partial charge in [0, 0.05) is 42.7 Å². The van der Waals surface area contributed by atoms with Crippen LogP contribution in [0.3, 0.4) is 0 Å². The van der Waals surface area contributed by atoms with Crippen LogP contribution in [0.5, 0.6) is 0 Å². The van der Waals surface area contributed by atoms with E-state index in [2.05, 4.69) is 5.32 Å². The first-order chi connectivity index (χ1) is 11.5. The Kier molecular flexibility index (Phi) is 8.85. The molecule has 0 aliphatic rings. The van der Waals surface area contributed by atoms with Crippen molar-refractivity contribution in [3.63, 3.8) is 0 Å². The minimum absolute atomic E-state index is 0.0813. The Labute approximate surface area is 140 Å². The summed E-state index contributed by atoms with van der Waals surface area (Å²) in [7, 11) is 0. The van der Waals surface area contributed by atoms with Crippen molar-refractivity contribution < 1.29 is 24.6 Å². The standard InChI is InChI=1S/C17H24N2O5/c18-5-1-3-15(22)12-9-13(16(23)4-2-7-20)11-14(10-12)17(24)19-6-8-21/h9-11,20-21H,1-8,18H2,(H,19,24). The lowest BCUT2D eigenvalue weighted by Gasteiger charge is -2.09. The van der Waals surface area contributed by atoms with Gasteiger partial charge in [0.05, 0.1) is 6.61 Å². The summed E-state index contributed by atoms with van der Waals surface area (Å²) < 4.78 is 0. The van der Waals surface area contributed by atoms with Crippen LogP contribution in [-0.2, 0) is 0 Å². The third-order valence-electron chi connectivity index (χ3n) is 3.41. The van der Waals surface area contributed by atoms with Crippen molar-refractivity contribution >= 4 is 17.5 Å². The van der Waals surface area contributed by atoms with Crippen LogP contribution in [0, 0.1) is 0 Å². The highest BCUT2D eigenvalue weighted by Crippen LogP contribution is 2.16. The van der Waals surface area contributed by atoms with Gasteiger partial charge in [0.2, 0.25) is 0 Å². The van der Waals surface area contributed by atoms with Gasteiger partial charge in [0.25, 0.3) is 5.91 Å². The van der Waals surface area contributed by atoms with Gasteiger partial charge in [-0.25, -0.2) is 0 Å². The summed E-state index contributed by atoms with van der Waals surface area (Å²) in [5.41, 5.74) is 6.14. The number of rotatable bonds is 11. The van der Waals surface area contributed by atoms with Crippen LogP contribution in [0.4, 0.5) is 0 Å². The van der Waals surface area contributed by atoms with E-state index in [0.29, 0.717) is 19.4 Å². The van der Waals surface area contributed by atoms with E-state index in [0.717, 1.165) is 0 Å². The van der Waals surface area contributed by atoms with Crippen molar-refractivity contribution in [3.05, 3.63) is 34.9 Å². The van der Waals surface area contributed by atoms with Gasteiger partial charge in [0.1, 0.15) is 0 Å². The lowest BCUT2D eigenvalue weighted by atomic mass is 9.96. The van der Waals surface area contributed by atoms with Crippen molar-refractivity contribution in [1.82, 2.24) is 5.32 Å². The number of carbonyl (C=O) groups is 3. The molecule has 1 aromatic carbocycles. The van der Waals surface area contributed by atoms with Gasteiger partial charge in [-0.2, -0.15) is 0 Å². The smallest absolute Gasteiger partial charge is 0.251 e. The summed E-state index contributed by atoms with van der Waals surface area (Å²) in [6.45, 7) is 0.149. The Balaban J connectivity index is 3.11. The van der Waals surface area contributed by atoms with Crippen LogP contribution in [-0.4, -0.2) is 54.0 Å². The molecule has 0 radical (unpaired) electrons. The summed E-state index contributed by atoms with van der Waals surface area (Å²) in [4.78, 5) is 36.4. The number of hydrogen-bond donors (Lipinski definition) is 4. The predicted octanol–water partition coefficient (Wildman–Crippen LogP) is 0.286. The number of aliphatic hydroxyl groups excluding tert-OH is 2. The number of nitrogens with two attached hydrogens (primary N) is 1. The molecule has 0 saturated heterocycles. The minimum atomic E-state index is -0.464. The summed E-state index contributed by atoms with van der Waals surface area (Å²) in [5.74, 6) is -0.893. The molecular formula is C17H24N2O5. The Bertz CT molecular complexity index is 493. The summed E-state index contributed by atoms with van der Waals surface area (Å²) in [6.07, 6.45) is 1.21. The molecule has 1 amide bonds. The number of hydrogen-bond acceptors (Lipinski definition) is 6. The van der Waals surface area contributed by atoms with Crippen molar-refractivity contribution in [2.45, 2.75) is 25.7 Å². The lowest BCUT2D eigenvalue weighted by molar-refractivity contribution is 0.0944. The number of benzene rings is 1. The molecule has 0 atom stereocenters. The molecule has 132 valence electrons. The number of Topliss-reactive ketones (excluding diaryl/α,β-unsaturated/α-hetero) is 2. The predicted molar refractivity (Wildman–Crippen MR) is 89.1 cm³/mol. The van der Waals surface area contributed by atoms with Crippen molar-refractivity contribution in [2.24, 2.45) is 5.73 Å². The first-order valence-electron chi connectivity index (χ1n) is 7.95. The van der Waals surface area contributed by atoms with Crippen LogP contribution in [0.15, 0.2) is 18.2 Å². The van der Waals surface area contributed by atoms with Crippen molar-refractivity contribution in [3.8, 4) is 0 Å². The van der Waals surface area contributed by atoms with E-state index in [4.69, 9.17) is 15.9 Å². The number of nitrogens with one attached hydrogen (secondary N) is 1. The fourth-order valence-corrected chi connectivity index (χ4v) is 2.14. The van der Waals surface area contributed by atoms with Crippen molar-refractivity contribution in [2.75, 3.05) is 26.3 Å². The van der Waals surface area contributed by atoms with E-state index in [9.17, 15) is 14.4 Å². The average molecular weight is 336 g/mol. The van der Waals surface area contributed by atoms with E-state index in [1.54, 1.807) is 0 Å². The summed E-state index contributed by atoms with van der Waals surface area (Å²) in [5, 5.41) is 20.1. The molecule has 7 nitrogen and oxygen atoms in total. The number of ketones is 2. The monoisotopic (exact) mass is 336 g/mol. The van der Waals surface area contributed by atoms with E-state index in [1.807, 2.05) is 0 Å². The summed E-state index contributed by atoms with van der Waals surface area (Å²) >= 11 is 0. The van der Waals surface area contributed by atoms with Gasteiger partial charge >= 0.3 is 0 Å². The Morgan fingerprint density at radius 2 is 1.42 bits per heavy atom. The second-order valence-electron chi connectivity index (χ2n) is 5.34. The third kappa shape index (κ3) is 6.19. The van der Waals surface area contributed by atoms with E-state index < -0.39 is 5.91 Å². The SMILES string of the molecule is NCCCC(=O)c1cc(C(=O)CCCO)cc(C(=O)NCCO)c1. The fourth-order valence-electron chi connectivity index (χ4n) is 2.14. The highest BCUT2D eigenvalue weighted by Gasteiger charge is 2.16. The molecule has 0 fully saturated rings. The molecule has 0 unspecified atom stereocenters. The van der Waals surface area contributed by atoms with Gasteiger partial charge in [-0.1, -0.05) is 0 Å². The quantitative estimate of drug-likeness (QED) is 0.430. The molecule has 0 aliphatic carbocycles. The van der Waals surface area contributed by atoms with Gasteiger partial charge in [-0.15, -0.1) is 0 Å². The number of aliphatic hydroxyl groups is 2. The summed E-state index contributed by atoms with van der Waals surface area (Å²) in [6, 6.07) is 4.34. The highest BCUT2D eigenvalue weighted by molar-refractivity contribution is 6.05. The molecule has 0 aliphatic heterocycles. The van der Waals surface area contributed by atoms with E-state index in [1.165, 1.54) is 18.2 Å². The topological polar surface area (TPSA) is 130 Å². The minimum Gasteiger partial charge on any atom is -0.396 e. The van der Waals surface area contributed by atoms with Crippen LogP contribution in [0.1, 0.15) is 56.8 Å². The third-order valence-corrected chi connectivity index (χ3v) is 3.41. The van der Waals surface area contributed by atoms with Crippen LogP contribution >= 0.6 is 0 Å². The molecule has 24 heavy (non-hydrogen) atoms. The van der Waals surface area contributed by atoms with Gasteiger partial charge in [0.15, 0.2) is 11.6 Å². The molecular weight excluding hydrogens is 312 g/mol. The zero-order valence-electron chi connectivity index (χ0n) is 13.6. The maximum absolute atomic E-state index is 12.2. The molecule has 5 N–H and O–H groups in total. The maximum Gasteiger partial charge on any atom is 0.251 e. The first kappa shape index (κ1) is 20.0. The molecule has 0 spiro atoms. The number of amides is 1. The van der Waals surface area contributed by atoms with Gasteiger partial charge in [-0.3, -0.25) is 14.4 Å². The second-order valence-corrected chi connectivity index (χ2v) is 5.34. The molecule has 0 bridgehead atoms. The first-order valence-corrected chi connectivity index (χ1v) is 7.95. The van der Waals surface area contributed by atoms with Crippen LogP contribution < -0.4 is 11.1 Å². The highest BCUT2D eigenvalue weighted by atomic mass is 16.3.